The highest BCUT2D eigenvalue weighted by Crippen LogP contribution is 2.16. The predicted octanol–water partition coefficient (Wildman–Crippen LogP) is 0.504. The first-order chi connectivity index (χ1) is 9.99. The van der Waals surface area contributed by atoms with Crippen molar-refractivity contribution in [3.05, 3.63) is 0 Å². The number of nitrogens with one attached hydrogen (secondary N) is 1. The molecule has 2 rings (SSSR count). The van der Waals surface area contributed by atoms with Crippen LogP contribution in [0.25, 0.3) is 0 Å². The van der Waals surface area contributed by atoms with Gasteiger partial charge in [-0.1, -0.05) is 0 Å². The Morgan fingerprint density at radius 1 is 1.10 bits per heavy atom. The molecule has 118 valence electrons. The average Bonchev–Trinajstić information content (AvgIpc) is 2.97. The highest BCUT2D eigenvalue weighted by Gasteiger charge is 2.32. The number of hydrogen-bond donors (Lipinski definition) is 2. The van der Waals surface area contributed by atoms with Gasteiger partial charge in [0.15, 0.2) is 0 Å². The molecule has 0 saturated carbocycles. The van der Waals surface area contributed by atoms with Gasteiger partial charge in [0.05, 0.1) is 5.92 Å². The van der Waals surface area contributed by atoms with Crippen molar-refractivity contribution in [3.8, 4) is 0 Å². The van der Waals surface area contributed by atoms with Gasteiger partial charge in [0, 0.05) is 26.2 Å². The summed E-state index contributed by atoms with van der Waals surface area (Å²) in [6.45, 7) is 3.83. The lowest BCUT2D eigenvalue weighted by atomic mass is 10.1. The first-order valence-corrected chi connectivity index (χ1v) is 7.56. The summed E-state index contributed by atoms with van der Waals surface area (Å²) in [7, 11) is 0. The minimum absolute atomic E-state index is 0.0583. The zero-order valence-corrected chi connectivity index (χ0v) is 12.4. The van der Waals surface area contributed by atoms with Crippen LogP contribution >= 0.6 is 0 Å². The summed E-state index contributed by atoms with van der Waals surface area (Å²) in [4.78, 5) is 38.4. The second-order valence-electron chi connectivity index (χ2n) is 5.83. The van der Waals surface area contributed by atoms with Gasteiger partial charge >= 0.3 is 12.0 Å². The fourth-order valence-corrected chi connectivity index (χ4v) is 2.87. The second-order valence-corrected chi connectivity index (χ2v) is 5.83. The number of nitrogens with zero attached hydrogens (tertiary/aromatic N) is 2. The number of carboxylic acid groups (broad SMARTS) is 1. The SMILES string of the molecule is CC(NC(=O)N1CCC(C(=O)O)C1)C(=O)N1CCCCC1. The van der Waals surface area contributed by atoms with E-state index >= 15 is 0 Å². The Balaban J connectivity index is 1.81. The van der Waals surface area contributed by atoms with E-state index in [2.05, 4.69) is 5.32 Å². The van der Waals surface area contributed by atoms with Gasteiger partial charge in [-0.3, -0.25) is 9.59 Å². The van der Waals surface area contributed by atoms with Crippen LogP contribution in [0.2, 0.25) is 0 Å². The maximum absolute atomic E-state index is 12.2. The number of rotatable bonds is 3. The van der Waals surface area contributed by atoms with Gasteiger partial charge in [0.1, 0.15) is 6.04 Å². The monoisotopic (exact) mass is 297 g/mol. The van der Waals surface area contributed by atoms with Gasteiger partial charge < -0.3 is 20.2 Å². The van der Waals surface area contributed by atoms with E-state index in [0.29, 0.717) is 13.0 Å². The summed E-state index contributed by atoms with van der Waals surface area (Å²) in [6.07, 6.45) is 3.64. The number of carbonyl (C=O) groups is 3. The molecule has 0 aromatic rings. The maximum atomic E-state index is 12.2. The third kappa shape index (κ3) is 3.86. The molecule has 3 amide bonds. The molecule has 0 aromatic heterocycles. The summed E-state index contributed by atoms with van der Waals surface area (Å²) in [5.41, 5.74) is 0. The van der Waals surface area contributed by atoms with Crippen molar-refractivity contribution in [1.29, 1.82) is 0 Å². The zero-order valence-electron chi connectivity index (χ0n) is 12.4. The summed E-state index contributed by atoms with van der Waals surface area (Å²) >= 11 is 0. The Hall–Kier alpha value is -1.79. The van der Waals surface area contributed by atoms with Crippen LogP contribution in [0, 0.1) is 5.92 Å². The standard InChI is InChI=1S/C14H23N3O4/c1-10(12(18)16-6-3-2-4-7-16)15-14(21)17-8-5-11(9-17)13(19)20/h10-11H,2-9H2,1H3,(H,15,21)(H,19,20). The fourth-order valence-electron chi connectivity index (χ4n) is 2.87. The predicted molar refractivity (Wildman–Crippen MR) is 75.7 cm³/mol. The molecule has 2 aliphatic rings. The Morgan fingerprint density at radius 3 is 2.33 bits per heavy atom. The van der Waals surface area contributed by atoms with E-state index in [9.17, 15) is 14.4 Å². The summed E-state index contributed by atoms with van der Waals surface area (Å²) in [6, 6.07) is -0.920. The van der Waals surface area contributed by atoms with Gasteiger partial charge in [-0.05, 0) is 32.6 Å². The van der Waals surface area contributed by atoms with Crippen molar-refractivity contribution in [1.82, 2.24) is 15.1 Å². The van der Waals surface area contributed by atoms with Crippen LogP contribution in [0.4, 0.5) is 4.79 Å². The summed E-state index contributed by atoms with van der Waals surface area (Å²) in [5.74, 6) is -1.43. The Bertz CT molecular complexity index is 420. The molecule has 2 N–H and O–H groups in total. The second kappa shape index (κ2) is 6.78. The van der Waals surface area contributed by atoms with E-state index < -0.39 is 17.9 Å². The van der Waals surface area contributed by atoms with Crippen LogP contribution in [-0.2, 0) is 9.59 Å². The van der Waals surface area contributed by atoms with Crippen molar-refractivity contribution in [2.45, 2.75) is 38.6 Å². The van der Waals surface area contributed by atoms with Crippen molar-refractivity contribution >= 4 is 17.9 Å². The molecule has 2 unspecified atom stereocenters. The van der Waals surface area contributed by atoms with Crippen LogP contribution < -0.4 is 5.32 Å². The number of likely N-dealkylation sites (tertiary alicyclic amines) is 2. The minimum Gasteiger partial charge on any atom is -0.481 e. The topological polar surface area (TPSA) is 90.0 Å². The van der Waals surface area contributed by atoms with Gasteiger partial charge in [-0.2, -0.15) is 0 Å². The van der Waals surface area contributed by atoms with E-state index in [1.165, 1.54) is 4.90 Å². The molecule has 0 bridgehead atoms. The van der Waals surface area contributed by atoms with Crippen LogP contribution in [0.3, 0.4) is 0 Å². The number of amides is 3. The lowest BCUT2D eigenvalue weighted by Gasteiger charge is -2.30. The highest BCUT2D eigenvalue weighted by molar-refractivity contribution is 5.87. The molecule has 2 heterocycles. The molecule has 2 fully saturated rings. The summed E-state index contributed by atoms with van der Waals surface area (Å²) < 4.78 is 0. The number of urea groups is 1. The van der Waals surface area contributed by atoms with Crippen LogP contribution in [0.15, 0.2) is 0 Å². The molecule has 0 aliphatic carbocycles. The van der Waals surface area contributed by atoms with Gasteiger partial charge in [-0.25, -0.2) is 4.79 Å². The number of aliphatic carboxylic acids is 1. The molecular formula is C14H23N3O4. The number of hydrogen-bond acceptors (Lipinski definition) is 3. The minimum atomic E-state index is -0.872. The lowest BCUT2D eigenvalue weighted by molar-refractivity contribution is -0.141. The molecule has 0 aromatic carbocycles. The molecule has 2 saturated heterocycles. The number of carboxylic acids is 1. The normalized spacial score (nSPS) is 23.8. The largest absolute Gasteiger partial charge is 0.481 e. The van der Waals surface area contributed by atoms with E-state index in [0.717, 1.165) is 32.4 Å². The number of carbonyl (C=O) groups excluding carboxylic acids is 2. The molecule has 2 aliphatic heterocycles. The van der Waals surface area contributed by atoms with Gasteiger partial charge in [0.25, 0.3) is 0 Å². The Kier molecular flexibility index (Phi) is 5.03. The van der Waals surface area contributed by atoms with E-state index in [1.54, 1.807) is 11.8 Å². The average molecular weight is 297 g/mol. The maximum Gasteiger partial charge on any atom is 0.318 e. The third-order valence-electron chi connectivity index (χ3n) is 4.20. The van der Waals surface area contributed by atoms with Crippen molar-refractivity contribution in [2.75, 3.05) is 26.2 Å². The molecule has 2 atom stereocenters. The first-order valence-electron chi connectivity index (χ1n) is 7.56. The van der Waals surface area contributed by atoms with Crippen molar-refractivity contribution in [3.63, 3.8) is 0 Å². The molecular weight excluding hydrogens is 274 g/mol. The first kappa shape index (κ1) is 15.6. The van der Waals surface area contributed by atoms with Crippen molar-refractivity contribution in [2.24, 2.45) is 5.92 Å². The van der Waals surface area contributed by atoms with E-state index in [1.807, 2.05) is 0 Å². The quantitative estimate of drug-likeness (QED) is 0.794. The fraction of sp³-hybridized carbons (Fsp3) is 0.786. The smallest absolute Gasteiger partial charge is 0.318 e. The molecule has 0 spiro atoms. The molecule has 0 radical (unpaired) electrons. The highest BCUT2D eigenvalue weighted by atomic mass is 16.4. The molecule has 7 heteroatoms. The molecule has 21 heavy (non-hydrogen) atoms. The van der Waals surface area contributed by atoms with Crippen LogP contribution in [-0.4, -0.2) is 65.0 Å². The van der Waals surface area contributed by atoms with E-state index in [-0.39, 0.29) is 18.5 Å². The molecule has 7 nitrogen and oxygen atoms in total. The Morgan fingerprint density at radius 2 is 1.76 bits per heavy atom. The zero-order chi connectivity index (χ0) is 15.4. The van der Waals surface area contributed by atoms with E-state index in [4.69, 9.17) is 5.11 Å². The van der Waals surface area contributed by atoms with Crippen LogP contribution in [0.5, 0.6) is 0 Å². The summed E-state index contributed by atoms with van der Waals surface area (Å²) in [5, 5.41) is 11.6. The van der Waals surface area contributed by atoms with Crippen LogP contribution in [0.1, 0.15) is 32.6 Å². The number of piperidine rings is 1. The van der Waals surface area contributed by atoms with Gasteiger partial charge in [0.2, 0.25) is 5.91 Å². The third-order valence-corrected chi connectivity index (χ3v) is 4.20. The van der Waals surface area contributed by atoms with Crippen molar-refractivity contribution < 1.29 is 19.5 Å². The lowest BCUT2D eigenvalue weighted by Crippen LogP contribution is -2.51. The van der Waals surface area contributed by atoms with Gasteiger partial charge in [-0.15, -0.1) is 0 Å². The Labute approximate surface area is 124 Å².